The summed E-state index contributed by atoms with van der Waals surface area (Å²) in [5.74, 6) is 2.60. The van der Waals surface area contributed by atoms with E-state index in [2.05, 4.69) is 5.32 Å². The number of hydrogen-bond donors (Lipinski definition) is 1. The summed E-state index contributed by atoms with van der Waals surface area (Å²) in [4.78, 5) is 0. The topological polar surface area (TPSA) is 30.5 Å². The van der Waals surface area contributed by atoms with E-state index in [9.17, 15) is 0 Å². The van der Waals surface area contributed by atoms with Crippen molar-refractivity contribution in [1.29, 1.82) is 0 Å². The van der Waals surface area contributed by atoms with Gasteiger partial charge in [0.15, 0.2) is 0 Å². The van der Waals surface area contributed by atoms with Crippen LogP contribution in [-0.4, -0.2) is 19.2 Å². The van der Waals surface area contributed by atoms with E-state index in [0.29, 0.717) is 6.10 Å². The molecule has 3 nitrogen and oxygen atoms in total. The first-order chi connectivity index (χ1) is 10.4. The molecule has 3 heteroatoms. The van der Waals surface area contributed by atoms with Gasteiger partial charge < -0.3 is 14.8 Å². The van der Waals surface area contributed by atoms with Gasteiger partial charge in [0.05, 0.1) is 6.10 Å². The Kier molecular flexibility index (Phi) is 4.74. The highest BCUT2D eigenvalue weighted by molar-refractivity contribution is 5.35. The highest BCUT2D eigenvalue weighted by atomic mass is 16.5. The third-order valence-corrected chi connectivity index (χ3v) is 3.63. The lowest BCUT2D eigenvalue weighted by Gasteiger charge is -2.17. The maximum absolute atomic E-state index is 6.04. The summed E-state index contributed by atoms with van der Waals surface area (Å²) < 4.78 is 11.8. The highest BCUT2D eigenvalue weighted by Crippen LogP contribution is 2.25. The molecule has 0 saturated carbocycles. The molecule has 1 aliphatic heterocycles. The van der Waals surface area contributed by atoms with Gasteiger partial charge in [0, 0.05) is 0 Å². The maximum atomic E-state index is 6.04. The molecule has 1 saturated heterocycles. The molecule has 0 bridgehead atoms. The van der Waals surface area contributed by atoms with Crippen molar-refractivity contribution in [3.8, 4) is 17.2 Å². The predicted octanol–water partition coefficient (Wildman–Crippen LogP) is 4.00. The number of hydrogen-bond acceptors (Lipinski definition) is 3. The van der Waals surface area contributed by atoms with Crippen molar-refractivity contribution in [3.05, 3.63) is 54.6 Å². The molecule has 0 spiro atoms. The van der Waals surface area contributed by atoms with Crippen LogP contribution in [0.3, 0.4) is 0 Å². The summed E-state index contributed by atoms with van der Waals surface area (Å²) >= 11 is 0. The van der Waals surface area contributed by atoms with E-state index in [1.165, 1.54) is 6.42 Å². The minimum absolute atomic E-state index is 0.320. The average Bonchev–Trinajstić information content (AvgIpc) is 2.79. The molecule has 1 unspecified atom stereocenters. The van der Waals surface area contributed by atoms with Gasteiger partial charge in [-0.1, -0.05) is 18.2 Å². The molecular weight excluding hydrogens is 262 g/mol. The van der Waals surface area contributed by atoms with Crippen LogP contribution in [0.15, 0.2) is 54.6 Å². The van der Waals surface area contributed by atoms with Crippen LogP contribution in [0.4, 0.5) is 0 Å². The second-order valence-electron chi connectivity index (χ2n) is 5.31. The van der Waals surface area contributed by atoms with Crippen LogP contribution in [0.2, 0.25) is 0 Å². The van der Waals surface area contributed by atoms with Crippen LogP contribution in [0, 0.1) is 0 Å². The summed E-state index contributed by atoms with van der Waals surface area (Å²) in [5.41, 5.74) is 0. The van der Waals surface area contributed by atoms with E-state index in [1.54, 1.807) is 0 Å². The maximum Gasteiger partial charge on any atom is 0.127 e. The number of benzene rings is 2. The Morgan fingerprint density at radius 1 is 0.762 bits per heavy atom. The minimum atomic E-state index is 0.320. The second-order valence-corrected chi connectivity index (χ2v) is 5.31. The molecule has 0 aromatic heterocycles. The third-order valence-electron chi connectivity index (χ3n) is 3.63. The fourth-order valence-corrected chi connectivity index (χ4v) is 2.51. The predicted molar refractivity (Wildman–Crippen MR) is 84.1 cm³/mol. The molecule has 1 N–H and O–H groups in total. The van der Waals surface area contributed by atoms with Gasteiger partial charge in [0.2, 0.25) is 0 Å². The Bertz CT molecular complexity index is 531. The first-order valence-electron chi connectivity index (χ1n) is 7.60. The van der Waals surface area contributed by atoms with E-state index >= 15 is 0 Å². The summed E-state index contributed by atoms with van der Waals surface area (Å²) in [5, 5.41) is 3.40. The molecule has 2 aromatic rings. The van der Waals surface area contributed by atoms with Crippen molar-refractivity contribution in [1.82, 2.24) is 5.32 Å². The number of ether oxygens (including phenoxy) is 2. The standard InChI is InChI=1S/C18H21NO2/c1-2-5-15(6-3-1)20-17-8-10-18(11-9-17)21-16-7-4-13-19-14-12-16/h1-3,5-6,8-11,16,19H,4,7,12-14H2. The van der Waals surface area contributed by atoms with Crippen molar-refractivity contribution in [2.24, 2.45) is 0 Å². The Labute approximate surface area is 125 Å². The molecule has 0 radical (unpaired) electrons. The zero-order valence-electron chi connectivity index (χ0n) is 12.1. The van der Waals surface area contributed by atoms with Crippen molar-refractivity contribution in [2.45, 2.75) is 25.4 Å². The lowest BCUT2D eigenvalue weighted by Crippen LogP contribution is -2.19. The number of rotatable bonds is 4. The first-order valence-corrected chi connectivity index (χ1v) is 7.60. The van der Waals surface area contributed by atoms with Gasteiger partial charge in [-0.2, -0.15) is 0 Å². The molecule has 0 aliphatic carbocycles. The van der Waals surface area contributed by atoms with Gasteiger partial charge in [0.1, 0.15) is 17.2 Å². The van der Waals surface area contributed by atoms with Crippen molar-refractivity contribution in [2.75, 3.05) is 13.1 Å². The molecule has 1 heterocycles. The van der Waals surface area contributed by atoms with Gasteiger partial charge in [-0.25, -0.2) is 0 Å². The van der Waals surface area contributed by atoms with Gasteiger partial charge in [0.25, 0.3) is 0 Å². The van der Waals surface area contributed by atoms with Gasteiger partial charge in [-0.05, 0) is 68.8 Å². The Morgan fingerprint density at radius 3 is 2.29 bits per heavy atom. The fraction of sp³-hybridized carbons (Fsp3) is 0.333. The Hall–Kier alpha value is -2.00. The summed E-state index contributed by atoms with van der Waals surface area (Å²) in [6, 6.07) is 17.7. The van der Waals surface area contributed by atoms with Crippen molar-refractivity contribution in [3.63, 3.8) is 0 Å². The molecule has 1 fully saturated rings. The van der Waals surface area contributed by atoms with Crippen LogP contribution in [0.25, 0.3) is 0 Å². The summed E-state index contributed by atoms with van der Waals surface area (Å²) in [6.45, 7) is 2.14. The third kappa shape index (κ3) is 4.23. The minimum Gasteiger partial charge on any atom is -0.490 e. The zero-order chi connectivity index (χ0) is 14.3. The van der Waals surface area contributed by atoms with Crippen molar-refractivity contribution < 1.29 is 9.47 Å². The van der Waals surface area contributed by atoms with Gasteiger partial charge in [-0.3, -0.25) is 0 Å². The lowest BCUT2D eigenvalue weighted by atomic mass is 10.1. The number of nitrogens with one attached hydrogen (secondary N) is 1. The van der Waals surface area contributed by atoms with Crippen LogP contribution < -0.4 is 14.8 Å². The second kappa shape index (κ2) is 7.14. The molecule has 110 valence electrons. The molecule has 1 aliphatic rings. The number of para-hydroxylation sites is 1. The summed E-state index contributed by atoms with van der Waals surface area (Å²) in [6.07, 6.45) is 3.69. The smallest absolute Gasteiger partial charge is 0.127 e. The molecule has 0 amide bonds. The van der Waals surface area contributed by atoms with Crippen LogP contribution >= 0.6 is 0 Å². The van der Waals surface area contributed by atoms with Crippen LogP contribution in [0.5, 0.6) is 17.2 Å². The zero-order valence-corrected chi connectivity index (χ0v) is 12.1. The molecule has 3 rings (SSSR count). The lowest BCUT2D eigenvalue weighted by molar-refractivity contribution is 0.187. The van der Waals surface area contributed by atoms with Crippen molar-refractivity contribution >= 4 is 0 Å². The largest absolute Gasteiger partial charge is 0.490 e. The highest BCUT2D eigenvalue weighted by Gasteiger charge is 2.13. The van der Waals surface area contributed by atoms with E-state index in [4.69, 9.17) is 9.47 Å². The van der Waals surface area contributed by atoms with E-state index in [-0.39, 0.29) is 0 Å². The molecule has 21 heavy (non-hydrogen) atoms. The Balaban J connectivity index is 1.58. The molecular formula is C18H21NO2. The van der Waals surface area contributed by atoms with Crippen LogP contribution in [-0.2, 0) is 0 Å². The van der Waals surface area contributed by atoms with Gasteiger partial charge >= 0.3 is 0 Å². The van der Waals surface area contributed by atoms with E-state index < -0.39 is 0 Å². The Morgan fingerprint density at radius 2 is 1.48 bits per heavy atom. The first kappa shape index (κ1) is 14.0. The molecule has 1 atom stereocenters. The molecule has 2 aromatic carbocycles. The monoisotopic (exact) mass is 283 g/mol. The van der Waals surface area contributed by atoms with E-state index in [1.807, 2.05) is 54.6 Å². The van der Waals surface area contributed by atoms with Crippen LogP contribution in [0.1, 0.15) is 19.3 Å². The quantitative estimate of drug-likeness (QED) is 0.920. The average molecular weight is 283 g/mol. The fourth-order valence-electron chi connectivity index (χ4n) is 2.51. The normalized spacial score (nSPS) is 18.8. The summed E-state index contributed by atoms with van der Waals surface area (Å²) in [7, 11) is 0. The van der Waals surface area contributed by atoms with Gasteiger partial charge in [-0.15, -0.1) is 0 Å². The SMILES string of the molecule is c1ccc(Oc2ccc(OC3CCCNCC3)cc2)cc1. The van der Waals surface area contributed by atoms with E-state index in [0.717, 1.165) is 43.2 Å².